The maximum atomic E-state index is 5.80. The van der Waals surface area contributed by atoms with E-state index >= 15 is 0 Å². The molecule has 6 heteroatoms. The van der Waals surface area contributed by atoms with Gasteiger partial charge in [0.05, 0.1) is 17.8 Å². The van der Waals surface area contributed by atoms with Crippen molar-refractivity contribution < 1.29 is 0 Å². The lowest BCUT2D eigenvalue weighted by molar-refractivity contribution is 0.167. The standard InChI is InChI=1S/C26H24N6/c27-16-18-7-9-20(10-8-18)25-21(19-5-2-1-3-6-19)15-22-23(28-25)11-14-32-24(29-30-26(22)32)17-31-12-4-13-31/h1-3,5-11,14-15H,4,12-13,16-17,27H2. The molecule has 0 radical (unpaired) electrons. The van der Waals surface area contributed by atoms with Crippen LogP contribution in [0.2, 0.25) is 0 Å². The molecule has 0 saturated carbocycles. The van der Waals surface area contributed by atoms with E-state index < -0.39 is 0 Å². The summed E-state index contributed by atoms with van der Waals surface area (Å²) in [6, 6.07) is 23.0. The first-order chi connectivity index (χ1) is 15.8. The Kier molecular flexibility index (Phi) is 4.67. The van der Waals surface area contributed by atoms with Crippen LogP contribution in [-0.4, -0.2) is 37.6 Å². The van der Waals surface area contributed by atoms with Crippen LogP contribution in [0.5, 0.6) is 0 Å². The number of pyridine rings is 2. The van der Waals surface area contributed by atoms with E-state index in [1.54, 1.807) is 0 Å². The second-order valence-electron chi connectivity index (χ2n) is 8.34. The summed E-state index contributed by atoms with van der Waals surface area (Å²) in [5, 5.41) is 10.1. The highest BCUT2D eigenvalue weighted by atomic mass is 15.3. The Morgan fingerprint density at radius 1 is 0.875 bits per heavy atom. The fraction of sp³-hybridized carbons (Fsp3) is 0.192. The molecule has 5 aromatic rings. The first-order valence-corrected chi connectivity index (χ1v) is 11.0. The highest BCUT2D eigenvalue weighted by Crippen LogP contribution is 2.34. The number of nitrogens with zero attached hydrogens (tertiary/aromatic N) is 5. The van der Waals surface area contributed by atoms with Gasteiger partial charge >= 0.3 is 0 Å². The first-order valence-electron chi connectivity index (χ1n) is 11.0. The van der Waals surface area contributed by atoms with Crippen molar-refractivity contribution in [2.75, 3.05) is 13.1 Å². The fourth-order valence-corrected chi connectivity index (χ4v) is 4.35. The zero-order chi connectivity index (χ0) is 21.5. The first kappa shape index (κ1) is 19.1. The summed E-state index contributed by atoms with van der Waals surface area (Å²) >= 11 is 0. The Hall–Kier alpha value is -3.61. The molecule has 2 N–H and O–H groups in total. The smallest absolute Gasteiger partial charge is 0.170 e. The molecule has 0 spiro atoms. The Labute approximate surface area is 186 Å². The second-order valence-corrected chi connectivity index (χ2v) is 8.34. The molecule has 1 fully saturated rings. The molecule has 6 nitrogen and oxygen atoms in total. The Morgan fingerprint density at radius 3 is 2.41 bits per heavy atom. The summed E-state index contributed by atoms with van der Waals surface area (Å²) in [7, 11) is 0. The molecule has 0 unspecified atom stereocenters. The third-order valence-electron chi connectivity index (χ3n) is 6.30. The minimum absolute atomic E-state index is 0.529. The van der Waals surface area contributed by atoms with Gasteiger partial charge in [-0.05, 0) is 42.8 Å². The highest BCUT2D eigenvalue weighted by molar-refractivity contribution is 5.98. The van der Waals surface area contributed by atoms with Crippen molar-refractivity contribution in [3.8, 4) is 22.4 Å². The van der Waals surface area contributed by atoms with Crippen LogP contribution < -0.4 is 5.73 Å². The number of aromatic nitrogens is 4. The van der Waals surface area contributed by atoms with E-state index in [4.69, 9.17) is 10.7 Å². The maximum Gasteiger partial charge on any atom is 0.170 e. The highest BCUT2D eigenvalue weighted by Gasteiger charge is 2.19. The van der Waals surface area contributed by atoms with Crippen LogP contribution in [-0.2, 0) is 13.1 Å². The van der Waals surface area contributed by atoms with Crippen LogP contribution in [0.4, 0.5) is 0 Å². The van der Waals surface area contributed by atoms with Crippen LogP contribution in [0.3, 0.4) is 0 Å². The van der Waals surface area contributed by atoms with E-state index in [1.165, 1.54) is 6.42 Å². The average molecular weight is 421 g/mol. The number of hydrogen-bond donors (Lipinski definition) is 1. The summed E-state index contributed by atoms with van der Waals surface area (Å²) < 4.78 is 2.10. The van der Waals surface area contributed by atoms with E-state index in [1.807, 2.05) is 12.3 Å². The van der Waals surface area contributed by atoms with Crippen LogP contribution >= 0.6 is 0 Å². The number of nitrogens with two attached hydrogens (primary N) is 1. The van der Waals surface area contributed by atoms with Crippen molar-refractivity contribution in [3.05, 3.63) is 84.3 Å². The van der Waals surface area contributed by atoms with Gasteiger partial charge in [-0.1, -0.05) is 54.6 Å². The Bertz CT molecular complexity index is 1400. The van der Waals surface area contributed by atoms with Crippen molar-refractivity contribution in [1.29, 1.82) is 0 Å². The third kappa shape index (κ3) is 3.25. The van der Waals surface area contributed by atoms with Gasteiger partial charge in [-0.15, -0.1) is 10.2 Å². The molecule has 0 bridgehead atoms. The van der Waals surface area contributed by atoms with Crippen LogP contribution in [0.15, 0.2) is 72.9 Å². The predicted molar refractivity (Wildman–Crippen MR) is 127 cm³/mol. The Morgan fingerprint density at radius 2 is 1.69 bits per heavy atom. The number of hydrogen-bond acceptors (Lipinski definition) is 5. The molecular formula is C26H24N6. The zero-order valence-corrected chi connectivity index (χ0v) is 17.8. The van der Waals surface area contributed by atoms with Gasteiger partial charge in [0.15, 0.2) is 11.5 Å². The molecule has 6 rings (SSSR count). The molecule has 1 saturated heterocycles. The lowest BCUT2D eigenvalue weighted by Gasteiger charge is -2.29. The quantitative estimate of drug-likeness (QED) is 0.460. The molecule has 3 aromatic heterocycles. The van der Waals surface area contributed by atoms with Crippen molar-refractivity contribution >= 4 is 16.6 Å². The van der Waals surface area contributed by atoms with Gasteiger partial charge in [-0.3, -0.25) is 9.30 Å². The largest absolute Gasteiger partial charge is 0.326 e. The van der Waals surface area contributed by atoms with E-state index in [0.29, 0.717) is 6.54 Å². The summed E-state index contributed by atoms with van der Waals surface area (Å²) in [4.78, 5) is 7.49. The van der Waals surface area contributed by atoms with Gasteiger partial charge in [0, 0.05) is 29.3 Å². The summed E-state index contributed by atoms with van der Waals surface area (Å²) in [6.45, 7) is 3.63. The second kappa shape index (κ2) is 7.82. The summed E-state index contributed by atoms with van der Waals surface area (Å²) in [5.41, 5.74) is 12.9. The molecule has 0 amide bonds. The minimum atomic E-state index is 0.529. The molecule has 0 aliphatic carbocycles. The third-order valence-corrected chi connectivity index (χ3v) is 6.30. The van der Waals surface area contributed by atoms with Gasteiger partial charge in [0.2, 0.25) is 0 Å². The predicted octanol–water partition coefficient (Wildman–Crippen LogP) is 4.28. The molecule has 32 heavy (non-hydrogen) atoms. The Balaban J connectivity index is 1.55. The number of likely N-dealkylation sites (tertiary alicyclic amines) is 1. The topological polar surface area (TPSA) is 72.3 Å². The number of rotatable bonds is 5. The molecular weight excluding hydrogens is 396 g/mol. The minimum Gasteiger partial charge on any atom is -0.326 e. The van der Waals surface area contributed by atoms with E-state index in [-0.39, 0.29) is 0 Å². The van der Waals surface area contributed by atoms with Crippen LogP contribution in [0.1, 0.15) is 17.8 Å². The van der Waals surface area contributed by atoms with Crippen molar-refractivity contribution in [2.45, 2.75) is 19.5 Å². The normalized spacial score (nSPS) is 14.2. The van der Waals surface area contributed by atoms with Crippen molar-refractivity contribution in [1.82, 2.24) is 24.5 Å². The summed E-state index contributed by atoms with van der Waals surface area (Å²) in [6.07, 6.45) is 3.31. The monoisotopic (exact) mass is 420 g/mol. The SMILES string of the molecule is NCc1ccc(-c2nc3ccn4c(CN5CCC5)nnc4c3cc2-c2ccccc2)cc1. The number of fused-ring (bicyclic) bond motifs is 3. The van der Waals surface area contributed by atoms with Gasteiger partial charge in [0.25, 0.3) is 0 Å². The van der Waals surface area contributed by atoms with Gasteiger partial charge in [-0.2, -0.15) is 0 Å². The zero-order valence-electron chi connectivity index (χ0n) is 17.8. The fourth-order valence-electron chi connectivity index (χ4n) is 4.35. The average Bonchev–Trinajstić information content (AvgIpc) is 3.24. The van der Waals surface area contributed by atoms with Crippen LogP contribution in [0, 0.1) is 0 Å². The lowest BCUT2D eigenvalue weighted by Crippen LogP contribution is -2.36. The van der Waals surface area contributed by atoms with Crippen molar-refractivity contribution in [2.24, 2.45) is 5.73 Å². The molecule has 158 valence electrons. The van der Waals surface area contributed by atoms with Gasteiger partial charge < -0.3 is 5.73 Å². The molecule has 1 aliphatic rings. The van der Waals surface area contributed by atoms with E-state index in [0.717, 1.165) is 70.0 Å². The molecule has 4 heterocycles. The lowest BCUT2D eigenvalue weighted by atomic mass is 9.97. The van der Waals surface area contributed by atoms with E-state index in [2.05, 4.69) is 80.2 Å². The maximum absolute atomic E-state index is 5.80. The van der Waals surface area contributed by atoms with Crippen molar-refractivity contribution in [3.63, 3.8) is 0 Å². The van der Waals surface area contributed by atoms with Crippen LogP contribution in [0.25, 0.3) is 38.9 Å². The molecule has 0 atom stereocenters. The summed E-state index contributed by atoms with van der Waals surface area (Å²) in [5.74, 6) is 0.976. The molecule has 1 aliphatic heterocycles. The molecule has 2 aromatic carbocycles. The van der Waals surface area contributed by atoms with Gasteiger partial charge in [-0.25, -0.2) is 4.98 Å². The van der Waals surface area contributed by atoms with Gasteiger partial charge in [0.1, 0.15) is 0 Å². The van der Waals surface area contributed by atoms with E-state index in [9.17, 15) is 0 Å². The number of benzene rings is 2.